The highest BCUT2D eigenvalue weighted by molar-refractivity contribution is 5.76. The maximum atomic E-state index is 12.4. The number of hydrogen-bond donors (Lipinski definition) is 3. The third kappa shape index (κ3) is 47.9. The maximum absolute atomic E-state index is 12.4. The van der Waals surface area contributed by atoms with Crippen molar-refractivity contribution in [3.05, 3.63) is 12.2 Å². The van der Waals surface area contributed by atoms with Gasteiger partial charge in [-0.25, -0.2) is 0 Å². The first-order valence-corrected chi connectivity index (χ1v) is 27.4. The van der Waals surface area contributed by atoms with Crippen LogP contribution >= 0.6 is 0 Å². The van der Waals surface area contributed by atoms with Gasteiger partial charge in [0.25, 0.3) is 0 Å². The summed E-state index contributed by atoms with van der Waals surface area (Å²) in [6.07, 6.45) is 59.1. The first kappa shape index (κ1) is 59.6. The van der Waals surface area contributed by atoms with Crippen LogP contribution in [0, 0.1) is 0 Å². The van der Waals surface area contributed by atoms with Crippen molar-refractivity contribution in [1.82, 2.24) is 5.32 Å². The molecule has 0 radical (unpaired) electrons. The van der Waals surface area contributed by atoms with Gasteiger partial charge >= 0.3 is 5.97 Å². The molecule has 0 aliphatic heterocycles. The Bertz CT molecular complexity index is 909. The summed E-state index contributed by atoms with van der Waals surface area (Å²) in [5.74, 6) is -0.0344. The third-order valence-electron chi connectivity index (χ3n) is 12.8. The predicted molar refractivity (Wildman–Crippen MR) is 264 cm³/mol. The van der Waals surface area contributed by atoms with Crippen molar-refractivity contribution in [2.24, 2.45) is 0 Å². The van der Waals surface area contributed by atoms with Crippen LogP contribution in [0.3, 0.4) is 0 Å². The average Bonchev–Trinajstić information content (AvgIpc) is 3.26. The molecule has 0 rings (SSSR count). The van der Waals surface area contributed by atoms with E-state index in [-0.39, 0.29) is 18.5 Å². The van der Waals surface area contributed by atoms with Crippen LogP contribution in [0.2, 0.25) is 0 Å². The Kier molecular flexibility index (Phi) is 50.1. The Morgan fingerprint density at radius 2 is 0.770 bits per heavy atom. The fourth-order valence-electron chi connectivity index (χ4n) is 8.58. The summed E-state index contributed by atoms with van der Waals surface area (Å²) in [4.78, 5) is 24.4. The highest BCUT2D eigenvalue weighted by atomic mass is 16.5. The highest BCUT2D eigenvalue weighted by Crippen LogP contribution is 2.17. The van der Waals surface area contributed by atoms with Crippen LogP contribution in [0.4, 0.5) is 0 Å². The number of carbonyl (C=O) groups excluding carboxylic acids is 2. The minimum absolute atomic E-state index is 0.00804. The van der Waals surface area contributed by atoms with Gasteiger partial charge in [0.05, 0.1) is 25.4 Å². The number of hydrogen-bond acceptors (Lipinski definition) is 5. The number of unbranched alkanes of at least 4 members (excludes halogenated alkanes) is 38. The van der Waals surface area contributed by atoms with Crippen molar-refractivity contribution >= 4 is 11.9 Å². The lowest BCUT2D eigenvalue weighted by molar-refractivity contribution is -0.143. The van der Waals surface area contributed by atoms with Crippen LogP contribution < -0.4 is 5.32 Å². The lowest BCUT2D eigenvalue weighted by Gasteiger charge is -2.22. The highest BCUT2D eigenvalue weighted by Gasteiger charge is 2.20. The molecule has 6 heteroatoms. The SMILES string of the molecule is CCCCCCCCCCCCCCC(O)C(CO)NC(=O)CCCCCCCCC/C=C\CCCCCCCCCCCCOC(=O)CCCCCCCCCCCCC. The van der Waals surface area contributed by atoms with Crippen LogP contribution in [0.5, 0.6) is 0 Å². The smallest absolute Gasteiger partial charge is 0.305 e. The van der Waals surface area contributed by atoms with E-state index in [9.17, 15) is 19.8 Å². The number of rotatable bonds is 51. The summed E-state index contributed by atoms with van der Waals surface area (Å²) in [5, 5.41) is 23.2. The lowest BCUT2D eigenvalue weighted by atomic mass is 10.0. The van der Waals surface area contributed by atoms with Gasteiger partial charge in [-0.15, -0.1) is 0 Å². The number of nitrogens with one attached hydrogen (secondary N) is 1. The fourth-order valence-corrected chi connectivity index (χ4v) is 8.58. The minimum Gasteiger partial charge on any atom is -0.466 e. The Hall–Kier alpha value is -1.40. The molecule has 0 aromatic carbocycles. The number of allylic oxidation sites excluding steroid dienone is 2. The molecule has 1 amide bonds. The summed E-state index contributed by atoms with van der Waals surface area (Å²) >= 11 is 0. The van der Waals surface area contributed by atoms with Gasteiger partial charge in [0.15, 0.2) is 0 Å². The van der Waals surface area contributed by atoms with E-state index >= 15 is 0 Å². The third-order valence-corrected chi connectivity index (χ3v) is 12.8. The molecular formula is C55H107NO5. The average molecular weight is 862 g/mol. The van der Waals surface area contributed by atoms with Crippen molar-refractivity contribution in [3.8, 4) is 0 Å². The second-order valence-corrected chi connectivity index (χ2v) is 18.9. The summed E-state index contributed by atoms with van der Waals surface area (Å²) in [7, 11) is 0. The molecule has 0 aromatic heterocycles. The minimum atomic E-state index is -0.667. The van der Waals surface area contributed by atoms with E-state index in [1.807, 2.05) is 0 Å². The number of aliphatic hydroxyl groups excluding tert-OH is 2. The van der Waals surface area contributed by atoms with Crippen molar-refractivity contribution in [1.29, 1.82) is 0 Å². The number of aliphatic hydroxyl groups is 2. The van der Waals surface area contributed by atoms with E-state index in [2.05, 4.69) is 31.3 Å². The molecule has 0 saturated heterocycles. The molecule has 3 N–H and O–H groups in total. The molecule has 0 spiro atoms. The quantitative estimate of drug-likeness (QED) is 0.0322. The van der Waals surface area contributed by atoms with E-state index in [0.29, 0.717) is 25.9 Å². The number of amides is 1. The van der Waals surface area contributed by atoms with Crippen molar-refractivity contribution in [3.63, 3.8) is 0 Å². The van der Waals surface area contributed by atoms with Gasteiger partial charge in [0.1, 0.15) is 0 Å². The zero-order chi connectivity index (χ0) is 44.4. The van der Waals surface area contributed by atoms with Gasteiger partial charge in [-0.1, -0.05) is 251 Å². The van der Waals surface area contributed by atoms with Crippen molar-refractivity contribution in [2.45, 2.75) is 315 Å². The predicted octanol–water partition coefficient (Wildman–Crippen LogP) is 16.5. The number of ether oxygens (including phenoxy) is 1. The van der Waals surface area contributed by atoms with Crippen LogP contribution in [0.25, 0.3) is 0 Å². The second kappa shape index (κ2) is 51.2. The molecule has 2 atom stereocenters. The standard InChI is InChI=1S/C55H107NO5/c1-3-5-7-9-11-13-15-28-31-35-39-43-47-53(58)52(51-57)56-54(59)48-44-40-36-32-29-25-23-21-19-17-16-18-20-22-24-26-30-34-38-42-46-50-61-55(60)49-45-41-37-33-27-14-12-10-8-6-4-2/h17,19,52-53,57-58H,3-16,18,20-51H2,1-2H3,(H,56,59)/b19-17-. The van der Waals surface area contributed by atoms with Crippen molar-refractivity contribution < 1.29 is 24.5 Å². The van der Waals surface area contributed by atoms with Gasteiger partial charge in [0, 0.05) is 12.8 Å². The molecule has 0 aromatic rings. The summed E-state index contributed by atoms with van der Waals surface area (Å²) in [6.45, 7) is 4.94. The molecule has 0 heterocycles. The molecule has 0 aliphatic rings. The second-order valence-electron chi connectivity index (χ2n) is 18.9. The largest absolute Gasteiger partial charge is 0.466 e. The molecule has 0 bridgehead atoms. The summed E-state index contributed by atoms with van der Waals surface area (Å²) < 4.78 is 5.46. The maximum Gasteiger partial charge on any atom is 0.305 e. The Morgan fingerprint density at radius 1 is 0.443 bits per heavy atom. The zero-order valence-corrected chi connectivity index (χ0v) is 41.2. The molecule has 0 saturated carbocycles. The molecule has 0 aliphatic carbocycles. The van der Waals surface area contributed by atoms with Gasteiger partial charge < -0.3 is 20.3 Å². The Morgan fingerprint density at radius 3 is 1.16 bits per heavy atom. The molecule has 362 valence electrons. The first-order chi connectivity index (χ1) is 30.0. The van der Waals surface area contributed by atoms with Gasteiger partial charge in [-0.2, -0.15) is 0 Å². The molecule has 0 fully saturated rings. The van der Waals surface area contributed by atoms with Crippen LogP contribution in [-0.4, -0.2) is 47.4 Å². The van der Waals surface area contributed by atoms with E-state index in [1.165, 1.54) is 231 Å². The number of carbonyl (C=O) groups is 2. The first-order valence-electron chi connectivity index (χ1n) is 27.4. The van der Waals surface area contributed by atoms with Gasteiger partial charge in [-0.3, -0.25) is 9.59 Å². The van der Waals surface area contributed by atoms with E-state index in [4.69, 9.17) is 4.74 Å². The molecule has 6 nitrogen and oxygen atoms in total. The summed E-state index contributed by atoms with van der Waals surface area (Å²) in [5.41, 5.74) is 0. The Labute approximate surface area is 380 Å². The molecule has 61 heavy (non-hydrogen) atoms. The lowest BCUT2D eigenvalue weighted by Crippen LogP contribution is -2.45. The van der Waals surface area contributed by atoms with Crippen molar-refractivity contribution in [2.75, 3.05) is 13.2 Å². The van der Waals surface area contributed by atoms with E-state index in [1.54, 1.807) is 0 Å². The molecule has 2 unspecified atom stereocenters. The topological polar surface area (TPSA) is 95.9 Å². The summed E-state index contributed by atoms with van der Waals surface area (Å²) in [6, 6.07) is -0.545. The van der Waals surface area contributed by atoms with Gasteiger partial charge in [-0.05, 0) is 51.4 Å². The van der Waals surface area contributed by atoms with Crippen LogP contribution in [-0.2, 0) is 14.3 Å². The van der Waals surface area contributed by atoms with Crippen LogP contribution in [0.15, 0.2) is 12.2 Å². The van der Waals surface area contributed by atoms with Gasteiger partial charge in [0.2, 0.25) is 5.91 Å². The fraction of sp³-hybridized carbons (Fsp3) is 0.927. The monoisotopic (exact) mass is 862 g/mol. The van der Waals surface area contributed by atoms with E-state index < -0.39 is 12.1 Å². The van der Waals surface area contributed by atoms with Crippen LogP contribution in [0.1, 0.15) is 303 Å². The zero-order valence-electron chi connectivity index (χ0n) is 41.2. The normalized spacial score (nSPS) is 12.7. The van der Waals surface area contributed by atoms with E-state index in [0.717, 1.165) is 38.5 Å². The Balaban J connectivity index is 3.41. The number of esters is 1. The molecular weight excluding hydrogens is 755 g/mol.